The summed E-state index contributed by atoms with van der Waals surface area (Å²) in [6, 6.07) is 5.17. The Morgan fingerprint density at radius 1 is 1.12 bits per heavy atom. The lowest BCUT2D eigenvalue weighted by atomic mass is 9.51. The van der Waals surface area contributed by atoms with Gasteiger partial charge in [-0.25, -0.2) is 12.8 Å². The van der Waals surface area contributed by atoms with Crippen molar-refractivity contribution in [2.24, 2.45) is 23.0 Å². The van der Waals surface area contributed by atoms with Crippen molar-refractivity contribution < 1.29 is 12.8 Å². The summed E-state index contributed by atoms with van der Waals surface area (Å²) in [5.41, 5.74) is 6.33. The van der Waals surface area contributed by atoms with Crippen molar-refractivity contribution in [2.75, 3.05) is 7.05 Å². The molecule has 4 aliphatic carbocycles. The predicted molar refractivity (Wildman–Crippen MR) is 88.1 cm³/mol. The number of hydrogen-bond acceptors (Lipinski definition) is 3. The van der Waals surface area contributed by atoms with E-state index in [0.717, 1.165) is 38.5 Å². The lowest BCUT2D eigenvalue weighted by Crippen LogP contribution is -2.67. The molecule has 0 heterocycles. The maximum absolute atomic E-state index is 13.2. The van der Waals surface area contributed by atoms with Crippen molar-refractivity contribution in [3.8, 4) is 0 Å². The third kappa shape index (κ3) is 1.58. The number of sulfonamides is 1. The molecule has 24 heavy (non-hydrogen) atoms. The molecule has 5 atom stereocenters. The maximum Gasteiger partial charge on any atom is 0.243 e. The first-order valence-electron chi connectivity index (χ1n) is 8.74. The van der Waals surface area contributed by atoms with Crippen molar-refractivity contribution in [1.29, 1.82) is 0 Å². The highest BCUT2D eigenvalue weighted by Gasteiger charge is 2.79. The van der Waals surface area contributed by atoms with E-state index in [1.807, 2.05) is 0 Å². The van der Waals surface area contributed by atoms with Gasteiger partial charge in [-0.1, -0.05) is 0 Å². The fourth-order valence-corrected chi connectivity index (χ4v) is 8.63. The van der Waals surface area contributed by atoms with Crippen LogP contribution in [0, 0.1) is 23.1 Å². The third-order valence-electron chi connectivity index (χ3n) is 7.66. The van der Waals surface area contributed by atoms with Gasteiger partial charge in [-0.2, -0.15) is 4.31 Å². The lowest BCUT2D eigenvalue weighted by Gasteiger charge is -2.62. The van der Waals surface area contributed by atoms with Gasteiger partial charge in [-0.3, -0.25) is 0 Å². The van der Waals surface area contributed by atoms with Crippen LogP contribution in [0.4, 0.5) is 4.39 Å². The van der Waals surface area contributed by atoms with E-state index in [1.54, 1.807) is 11.4 Å². The second-order valence-electron chi connectivity index (χ2n) is 8.74. The van der Waals surface area contributed by atoms with Crippen LogP contribution in [0.2, 0.25) is 0 Å². The average molecular weight is 350 g/mol. The van der Waals surface area contributed by atoms with Gasteiger partial charge in [0.15, 0.2) is 0 Å². The van der Waals surface area contributed by atoms with Gasteiger partial charge in [0.05, 0.1) is 4.90 Å². The molecule has 4 saturated carbocycles. The van der Waals surface area contributed by atoms with E-state index in [9.17, 15) is 12.8 Å². The lowest BCUT2D eigenvalue weighted by molar-refractivity contribution is -0.0919. The predicted octanol–water partition coefficient (Wildman–Crippen LogP) is 2.50. The Balaban J connectivity index is 1.56. The van der Waals surface area contributed by atoms with Crippen molar-refractivity contribution in [1.82, 2.24) is 4.31 Å². The molecule has 5 unspecified atom stereocenters. The molecule has 3 bridgehead atoms. The zero-order chi connectivity index (χ0) is 17.0. The molecule has 6 heteroatoms. The number of nitrogens with two attached hydrogens (primary N) is 1. The van der Waals surface area contributed by atoms with Crippen LogP contribution in [0.1, 0.15) is 38.5 Å². The Hall–Kier alpha value is -0.980. The Morgan fingerprint density at radius 3 is 2.54 bits per heavy atom. The third-order valence-corrected chi connectivity index (χ3v) is 9.60. The van der Waals surface area contributed by atoms with Crippen LogP contribution in [0.3, 0.4) is 0 Å². The van der Waals surface area contributed by atoms with Crippen molar-refractivity contribution in [2.45, 2.75) is 54.5 Å². The number of rotatable bonds is 3. The Labute approximate surface area is 142 Å². The van der Waals surface area contributed by atoms with Crippen LogP contribution in [0.5, 0.6) is 0 Å². The van der Waals surface area contributed by atoms with Gasteiger partial charge in [0.1, 0.15) is 5.82 Å². The molecule has 1 aromatic rings. The first kappa shape index (κ1) is 15.3. The minimum atomic E-state index is -3.62. The van der Waals surface area contributed by atoms with E-state index in [-0.39, 0.29) is 21.4 Å². The average Bonchev–Trinajstić information content (AvgIpc) is 2.80. The first-order valence-corrected chi connectivity index (χ1v) is 10.2. The molecule has 0 saturated heterocycles. The van der Waals surface area contributed by atoms with Gasteiger partial charge < -0.3 is 5.73 Å². The molecule has 5 rings (SSSR count). The van der Waals surface area contributed by atoms with Gasteiger partial charge >= 0.3 is 0 Å². The summed E-state index contributed by atoms with van der Waals surface area (Å²) in [4.78, 5) is 0.180. The van der Waals surface area contributed by atoms with E-state index >= 15 is 0 Å². The molecule has 4 aliphatic rings. The molecule has 1 spiro atoms. The van der Waals surface area contributed by atoms with Crippen molar-refractivity contribution in [3.05, 3.63) is 30.1 Å². The molecule has 0 amide bonds. The fraction of sp³-hybridized carbons (Fsp3) is 0.667. The fourth-order valence-electron chi connectivity index (χ4n) is 7.04. The van der Waals surface area contributed by atoms with Crippen LogP contribution in [0.25, 0.3) is 0 Å². The number of hydrogen-bond donors (Lipinski definition) is 1. The van der Waals surface area contributed by atoms with Gasteiger partial charge in [0, 0.05) is 18.1 Å². The summed E-state index contributed by atoms with van der Waals surface area (Å²) in [6.07, 6.45) is 6.04. The number of halogens is 1. The smallest absolute Gasteiger partial charge is 0.243 e. The van der Waals surface area contributed by atoms with E-state index in [0.29, 0.717) is 11.8 Å². The highest BCUT2D eigenvalue weighted by molar-refractivity contribution is 7.89. The van der Waals surface area contributed by atoms with Crippen LogP contribution in [0.15, 0.2) is 29.2 Å². The number of nitrogens with zero attached hydrogens (tertiary/aromatic N) is 1. The molecule has 130 valence electrons. The normalized spacial score (nSPS) is 45.5. The second-order valence-corrected chi connectivity index (χ2v) is 10.7. The highest BCUT2D eigenvalue weighted by Crippen LogP contribution is 2.79. The minimum Gasteiger partial charge on any atom is -0.325 e. The topological polar surface area (TPSA) is 63.4 Å². The number of benzene rings is 1. The quantitative estimate of drug-likeness (QED) is 0.911. The van der Waals surface area contributed by atoms with Crippen LogP contribution >= 0.6 is 0 Å². The van der Waals surface area contributed by atoms with E-state index in [1.165, 1.54) is 24.3 Å². The van der Waals surface area contributed by atoms with E-state index in [2.05, 4.69) is 0 Å². The summed E-state index contributed by atoms with van der Waals surface area (Å²) in [7, 11) is -1.90. The second kappa shape index (κ2) is 4.22. The highest BCUT2D eigenvalue weighted by atomic mass is 32.2. The monoisotopic (exact) mass is 350 g/mol. The zero-order valence-corrected chi connectivity index (χ0v) is 14.7. The molecular formula is C18H23FN2O2S. The van der Waals surface area contributed by atoms with Crippen molar-refractivity contribution >= 4 is 10.0 Å². The van der Waals surface area contributed by atoms with Crippen LogP contribution in [-0.4, -0.2) is 30.8 Å². The van der Waals surface area contributed by atoms with Gasteiger partial charge in [-0.15, -0.1) is 0 Å². The summed E-state index contributed by atoms with van der Waals surface area (Å²) >= 11 is 0. The summed E-state index contributed by atoms with van der Waals surface area (Å²) in [6.45, 7) is 0. The summed E-state index contributed by atoms with van der Waals surface area (Å²) in [5, 5.41) is 0. The molecule has 0 aromatic heterocycles. The van der Waals surface area contributed by atoms with Gasteiger partial charge in [0.25, 0.3) is 0 Å². The SMILES string of the molecule is CN(C12CC3CC4(N)CC(C1)C2(C3)C4)S(=O)(=O)c1ccc(F)cc1. The van der Waals surface area contributed by atoms with Gasteiger partial charge in [0.2, 0.25) is 10.0 Å². The molecule has 0 aliphatic heterocycles. The molecule has 0 radical (unpaired) electrons. The summed E-state index contributed by atoms with van der Waals surface area (Å²) < 4.78 is 41.1. The number of fused-ring (bicyclic) bond motifs is 2. The minimum absolute atomic E-state index is 0.0759. The first-order chi connectivity index (χ1) is 11.2. The zero-order valence-electron chi connectivity index (χ0n) is 13.8. The largest absolute Gasteiger partial charge is 0.325 e. The van der Waals surface area contributed by atoms with Crippen molar-refractivity contribution in [3.63, 3.8) is 0 Å². The Kier molecular flexibility index (Phi) is 2.69. The van der Waals surface area contributed by atoms with Crippen LogP contribution < -0.4 is 5.73 Å². The Morgan fingerprint density at radius 2 is 1.83 bits per heavy atom. The molecule has 4 fully saturated rings. The molecule has 4 nitrogen and oxygen atoms in total. The molecule has 1 aromatic carbocycles. The standard InChI is InChI=1S/C18H23FN2O2S/c1-21(24(22,23)15-4-2-14(19)3-5-15)18-8-12-6-16(20)9-13(10-18)17(18,7-12)11-16/h2-5,12-13H,6-11,20H2,1H3. The summed E-state index contributed by atoms with van der Waals surface area (Å²) in [5.74, 6) is 0.695. The van der Waals surface area contributed by atoms with Crippen LogP contribution in [-0.2, 0) is 10.0 Å². The van der Waals surface area contributed by atoms with Gasteiger partial charge in [-0.05, 0) is 80.0 Å². The van der Waals surface area contributed by atoms with E-state index in [4.69, 9.17) is 5.73 Å². The molecule has 2 N–H and O–H groups in total. The Bertz CT molecular complexity index is 822. The maximum atomic E-state index is 13.2. The van der Waals surface area contributed by atoms with E-state index < -0.39 is 15.8 Å². The molecular weight excluding hydrogens is 327 g/mol.